The van der Waals surface area contributed by atoms with E-state index < -0.39 is 0 Å². The van der Waals surface area contributed by atoms with Crippen LogP contribution in [0.5, 0.6) is 0 Å². The highest BCUT2D eigenvalue weighted by atomic mass is 16.5. The van der Waals surface area contributed by atoms with Crippen LogP contribution < -0.4 is 5.73 Å². The molecule has 2 aromatic rings. The molecular formula is C11H15N5O. The molecule has 2 N–H and O–H groups in total. The van der Waals surface area contributed by atoms with Gasteiger partial charge in [0.1, 0.15) is 12.0 Å². The fourth-order valence-corrected chi connectivity index (χ4v) is 1.48. The molecule has 6 heteroatoms. The number of rotatable bonds is 4. The zero-order chi connectivity index (χ0) is 12.3. The van der Waals surface area contributed by atoms with Gasteiger partial charge in [-0.1, -0.05) is 19.0 Å². The Balaban J connectivity index is 2.22. The molecule has 0 saturated heterocycles. The van der Waals surface area contributed by atoms with Crippen molar-refractivity contribution < 1.29 is 4.52 Å². The Labute approximate surface area is 99.3 Å². The third kappa shape index (κ3) is 2.47. The number of nitrogens with two attached hydrogens (primary N) is 1. The molecule has 2 atom stereocenters. The van der Waals surface area contributed by atoms with Gasteiger partial charge in [0, 0.05) is 12.2 Å². The minimum absolute atomic E-state index is 0.0219. The lowest BCUT2D eigenvalue weighted by atomic mass is 10.0. The molecule has 0 aliphatic carbocycles. The zero-order valence-corrected chi connectivity index (χ0v) is 9.87. The van der Waals surface area contributed by atoms with E-state index in [0.717, 1.165) is 6.42 Å². The summed E-state index contributed by atoms with van der Waals surface area (Å²) in [6, 6.07) is 1.76. The minimum Gasteiger partial charge on any atom is -0.339 e. The summed E-state index contributed by atoms with van der Waals surface area (Å²) in [5, 5.41) is 3.89. The molecule has 0 fully saturated rings. The molecule has 0 bridgehead atoms. The summed E-state index contributed by atoms with van der Waals surface area (Å²) >= 11 is 0. The second-order valence-electron chi connectivity index (χ2n) is 3.91. The molecule has 0 aliphatic rings. The van der Waals surface area contributed by atoms with E-state index in [2.05, 4.69) is 20.1 Å². The summed E-state index contributed by atoms with van der Waals surface area (Å²) in [6.07, 6.45) is 3.96. The average Bonchev–Trinajstić information content (AvgIpc) is 2.87. The first kappa shape index (κ1) is 11.7. The van der Waals surface area contributed by atoms with Crippen LogP contribution in [-0.4, -0.2) is 26.2 Å². The molecule has 0 amide bonds. The van der Waals surface area contributed by atoms with Crippen molar-refractivity contribution in [3.05, 3.63) is 24.5 Å². The van der Waals surface area contributed by atoms with E-state index in [1.54, 1.807) is 12.3 Å². The van der Waals surface area contributed by atoms with E-state index in [0.29, 0.717) is 17.4 Å². The van der Waals surface area contributed by atoms with Crippen molar-refractivity contribution in [2.75, 3.05) is 0 Å². The fourth-order valence-electron chi connectivity index (χ4n) is 1.48. The van der Waals surface area contributed by atoms with Crippen molar-refractivity contribution in [3.8, 4) is 11.5 Å². The SMILES string of the molecule is CCC(N)C(C)c1nc(-c2ccncn2)no1. The maximum atomic E-state index is 5.94. The Morgan fingerprint density at radius 2 is 2.29 bits per heavy atom. The lowest BCUT2D eigenvalue weighted by molar-refractivity contribution is 0.340. The molecular weight excluding hydrogens is 218 g/mol. The van der Waals surface area contributed by atoms with Crippen molar-refractivity contribution in [3.63, 3.8) is 0 Å². The van der Waals surface area contributed by atoms with Crippen molar-refractivity contribution in [2.45, 2.75) is 32.2 Å². The van der Waals surface area contributed by atoms with Gasteiger partial charge in [0.05, 0.1) is 5.92 Å². The molecule has 0 radical (unpaired) electrons. The van der Waals surface area contributed by atoms with Gasteiger partial charge in [0.25, 0.3) is 0 Å². The van der Waals surface area contributed by atoms with E-state index in [-0.39, 0.29) is 12.0 Å². The Morgan fingerprint density at radius 3 is 2.94 bits per heavy atom. The van der Waals surface area contributed by atoms with E-state index in [1.165, 1.54) is 6.33 Å². The summed E-state index contributed by atoms with van der Waals surface area (Å²) in [6.45, 7) is 4.01. The van der Waals surface area contributed by atoms with E-state index in [9.17, 15) is 0 Å². The predicted molar refractivity (Wildman–Crippen MR) is 62.0 cm³/mol. The molecule has 0 saturated carbocycles. The third-order valence-electron chi connectivity index (χ3n) is 2.76. The van der Waals surface area contributed by atoms with E-state index in [1.807, 2.05) is 13.8 Å². The molecule has 17 heavy (non-hydrogen) atoms. The van der Waals surface area contributed by atoms with Crippen LogP contribution in [-0.2, 0) is 0 Å². The van der Waals surface area contributed by atoms with Gasteiger partial charge >= 0.3 is 0 Å². The predicted octanol–water partition coefficient (Wildman–Crippen LogP) is 1.37. The molecule has 0 aromatic carbocycles. The quantitative estimate of drug-likeness (QED) is 0.857. The first-order chi connectivity index (χ1) is 8.22. The standard InChI is InChI=1S/C11H15N5O/c1-3-8(12)7(2)11-15-10(16-17-11)9-4-5-13-6-14-9/h4-8H,3,12H2,1-2H3. The van der Waals surface area contributed by atoms with Crippen LogP contribution in [0.2, 0.25) is 0 Å². The van der Waals surface area contributed by atoms with Gasteiger partial charge in [0.15, 0.2) is 0 Å². The summed E-state index contributed by atoms with van der Waals surface area (Å²) < 4.78 is 5.20. The fraction of sp³-hybridized carbons (Fsp3) is 0.455. The highest BCUT2D eigenvalue weighted by Crippen LogP contribution is 2.20. The molecule has 2 rings (SSSR count). The van der Waals surface area contributed by atoms with Crippen molar-refractivity contribution in [1.82, 2.24) is 20.1 Å². The Morgan fingerprint density at radius 1 is 1.47 bits per heavy atom. The van der Waals surface area contributed by atoms with Gasteiger partial charge in [-0.3, -0.25) is 0 Å². The van der Waals surface area contributed by atoms with E-state index >= 15 is 0 Å². The smallest absolute Gasteiger partial charge is 0.231 e. The zero-order valence-electron chi connectivity index (χ0n) is 9.87. The number of hydrogen-bond donors (Lipinski definition) is 1. The van der Waals surface area contributed by atoms with Crippen LogP contribution in [0.4, 0.5) is 0 Å². The topological polar surface area (TPSA) is 90.7 Å². The van der Waals surface area contributed by atoms with Gasteiger partial charge in [-0.2, -0.15) is 4.98 Å². The molecule has 0 spiro atoms. The van der Waals surface area contributed by atoms with Gasteiger partial charge in [-0.05, 0) is 12.5 Å². The summed E-state index contributed by atoms with van der Waals surface area (Å²) in [7, 11) is 0. The van der Waals surface area contributed by atoms with Gasteiger partial charge in [-0.15, -0.1) is 0 Å². The summed E-state index contributed by atoms with van der Waals surface area (Å²) in [5.74, 6) is 1.06. The molecule has 2 aromatic heterocycles. The average molecular weight is 233 g/mol. The second kappa shape index (κ2) is 5.01. The van der Waals surface area contributed by atoms with Gasteiger partial charge in [0.2, 0.25) is 11.7 Å². The molecule has 6 nitrogen and oxygen atoms in total. The van der Waals surface area contributed by atoms with Crippen LogP contribution in [0, 0.1) is 0 Å². The molecule has 2 heterocycles. The van der Waals surface area contributed by atoms with E-state index in [4.69, 9.17) is 10.3 Å². The Bertz CT molecular complexity index is 470. The monoisotopic (exact) mass is 233 g/mol. The van der Waals surface area contributed by atoms with Crippen LogP contribution in [0.25, 0.3) is 11.5 Å². The maximum Gasteiger partial charge on any atom is 0.231 e. The van der Waals surface area contributed by atoms with Crippen molar-refractivity contribution in [2.24, 2.45) is 5.73 Å². The van der Waals surface area contributed by atoms with Crippen LogP contribution >= 0.6 is 0 Å². The highest BCUT2D eigenvalue weighted by Gasteiger charge is 2.20. The number of nitrogens with zero attached hydrogens (tertiary/aromatic N) is 4. The van der Waals surface area contributed by atoms with Gasteiger partial charge < -0.3 is 10.3 Å². The minimum atomic E-state index is 0.0219. The van der Waals surface area contributed by atoms with Crippen molar-refractivity contribution >= 4 is 0 Å². The third-order valence-corrected chi connectivity index (χ3v) is 2.76. The van der Waals surface area contributed by atoms with Crippen LogP contribution in [0.1, 0.15) is 32.1 Å². The van der Waals surface area contributed by atoms with Gasteiger partial charge in [-0.25, -0.2) is 9.97 Å². The first-order valence-electron chi connectivity index (χ1n) is 5.58. The largest absolute Gasteiger partial charge is 0.339 e. The summed E-state index contributed by atoms with van der Waals surface area (Å²) in [5.41, 5.74) is 6.59. The Hall–Kier alpha value is -1.82. The number of aromatic nitrogens is 4. The number of hydrogen-bond acceptors (Lipinski definition) is 6. The Kier molecular flexibility index (Phi) is 3.43. The lowest BCUT2D eigenvalue weighted by Gasteiger charge is -2.13. The molecule has 2 unspecified atom stereocenters. The maximum absolute atomic E-state index is 5.94. The van der Waals surface area contributed by atoms with Crippen LogP contribution in [0.15, 0.2) is 23.1 Å². The molecule has 90 valence electrons. The lowest BCUT2D eigenvalue weighted by Crippen LogP contribution is -2.25. The highest BCUT2D eigenvalue weighted by molar-refractivity contribution is 5.46. The molecule has 0 aliphatic heterocycles. The van der Waals surface area contributed by atoms with Crippen molar-refractivity contribution in [1.29, 1.82) is 0 Å². The normalized spacial score (nSPS) is 14.5. The first-order valence-corrected chi connectivity index (χ1v) is 5.58. The summed E-state index contributed by atoms with van der Waals surface area (Å²) in [4.78, 5) is 12.2. The second-order valence-corrected chi connectivity index (χ2v) is 3.91. The van der Waals surface area contributed by atoms with Crippen LogP contribution in [0.3, 0.4) is 0 Å².